The van der Waals surface area contributed by atoms with Crippen molar-refractivity contribution in [3.05, 3.63) is 22.9 Å². The van der Waals surface area contributed by atoms with Crippen molar-refractivity contribution >= 4 is 11.8 Å². The van der Waals surface area contributed by atoms with E-state index in [4.69, 9.17) is 4.74 Å². The Morgan fingerprint density at radius 1 is 1.48 bits per heavy atom. The second-order valence-electron chi connectivity index (χ2n) is 6.90. The van der Waals surface area contributed by atoms with Gasteiger partial charge >= 0.3 is 5.97 Å². The second-order valence-corrected chi connectivity index (χ2v) is 6.90. The summed E-state index contributed by atoms with van der Waals surface area (Å²) in [5, 5.41) is 20.3. The van der Waals surface area contributed by atoms with Gasteiger partial charge in [0.2, 0.25) is 0 Å². The van der Waals surface area contributed by atoms with Crippen LogP contribution in [0.4, 0.5) is 5.82 Å². The summed E-state index contributed by atoms with van der Waals surface area (Å²) >= 11 is 0. The van der Waals surface area contributed by atoms with Crippen LogP contribution < -0.4 is 4.90 Å². The average Bonchev–Trinajstić information content (AvgIpc) is 2.74. The van der Waals surface area contributed by atoms with Crippen molar-refractivity contribution in [1.82, 2.24) is 9.88 Å². The van der Waals surface area contributed by atoms with E-state index < -0.39 is 11.6 Å². The summed E-state index contributed by atoms with van der Waals surface area (Å²) in [6, 6.07) is 3.67. The summed E-state index contributed by atoms with van der Waals surface area (Å²) in [5.74, 6) is 0.0750. The summed E-state index contributed by atoms with van der Waals surface area (Å²) in [6.45, 7) is 3.67. The van der Waals surface area contributed by atoms with Gasteiger partial charge < -0.3 is 19.6 Å². The number of nitriles is 1. The topological polar surface area (TPSA) is 89.7 Å². The van der Waals surface area contributed by atoms with Crippen LogP contribution >= 0.6 is 0 Å². The summed E-state index contributed by atoms with van der Waals surface area (Å²) in [4.78, 5) is 20.3. The molecule has 0 radical (unpaired) electrons. The Labute approximate surface area is 148 Å². The van der Waals surface area contributed by atoms with Crippen LogP contribution in [0.3, 0.4) is 0 Å². The number of pyridine rings is 1. The predicted molar refractivity (Wildman–Crippen MR) is 94.6 cm³/mol. The standard InChI is InChI=1S/C18H26N4O3/c1-13-15(17(23)25-4)10-14(11-19)16(20-13)22-8-5-6-18(24,7-9-22)12-21(2)3/h10,24H,5-9,12H2,1-4H3/t18-/m0/s1. The number of hydrogen-bond donors (Lipinski definition) is 1. The van der Waals surface area contributed by atoms with E-state index >= 15 is 0 Å². The SMILES string of the molecule is COC(=O)c1cc(C#N)c(N2CCC[C@@](O)(CN(C)C)CC2)nc1C. The van der Waals surface area contributed by atoms with Gasteiger partial charge in [-0.1, -0.05) is 0 Å². The lowest BCUT2D eigenvalue weighted by molar-refractivity contribution is 0.00536. The van der Waals surface area contributed by atoms with E-state index in [1.165, 1.54) is 7.11 Å². The molecule has 1 N–H and O–H groups in total. The van der Waals surface area contributed by atoms with E-state index in [0.29, 0.717) is 55.1 Å². The van der Waals surface area contributed by atoms with Crippen molar-refractivity contribution < 1.29 is 14.6 Å². The molecule has 2 heterocycles. The number of aryl methyl sites for hydroxylation is 1. The lowest BCUT2D eigenvalue weighted by Gasteiger charge is -2.30. The maximum absolute atomic E-state index is 11.8. The first kappa shape index (κ1) is 19.2. The lowest BCUT2D eigenvalue weighted by Crippen LogP contribution is -2.41. The lowest BCUT2D eigenvalue weighted by atomic mass is 9.94. The van der Waals surface area contributed by atoms with E-state index in [2.05, 4.69) is 11.1 Å². The van der Waals surface area contributed by atoms with Gasteiger partial charge in [0.1, 0.15) is 11.9 Å². The quantitative estimate of drug-likeness (QED) is 0.823. The zero-order chi connectivity index (χ0) is 18.6. The smallest absolute Gasteiger partial charge is 0.339 e. The number of carbonyl (C=O) groups excluding carboxylic acids is 1. The molecule has 1 aromatic rings. The number of esters is 1. The summed E-state index contributed by atoms with van der Waals surface area (Å²) < 4.78 is 4.75. The van der Waals surface area contributed by atoms with Crippen molar-refractivity contribution in [2.75, 3.05) is 45.7 Å². The molecule has 136 valence electrons. The summed E-state index contributed by atoms with van der Waals surface area (Å²) in [7, 11) is 5.21. The number of rotatable bonds is 4. The molecule has 7 nitrogen and oxygen atoms in total. The monoisotopic (exact) mass is 346 g/mol. The fourth-order valence-electron chi connectivity index (χ4n) is 3.37. The van der Waals surface area contributed by atoms with Gasteiger partial charge in [-0.15, -0.1) is 0 Å². The normalized spacial score (nSPS) is 20.9. The van der Waals surface area contributed by atoms with Crippen LogP contribution in [0.2, 0.25) is 0 Å². The minimum absolute atomic E-state index is 0.307. The maximum Gasteiger partial charge on any atom is 0.339 e. The molecule has 2 rings (SSSR count). The number of hydrogen-bond acceptors (Lipinski definition) is 7. The number of methoxy groups -OCH3 is 1. The van der Waals surface area contributed by atoms with Crippen molar-refractivity contribution in [2.24, 2.45) is 0 Å². The molecule has 0 aliphatic carbocycles. The van der Waals surface area contributed by atoms with E-state index in [1.54, 1.807) is 13.0 Å². The van der Waals surface area contributed by atoms with Gasteiger partial charge in [-0.2, -0.15) is 5.26 Å². The van der Waals surface area contributed by atoms with Crippen LogP contribution in [-0.2, 0) is 4.74 Å². The van der Waals surface area contributed by atoms with Crippen LogP contribution in [0.5, 0.6) is 0 Å². The minimum Gasteiger partial charge on any atom is -0.465 e. The van der Waals surface area contributed by atoms with Crippen LogP contribution in [0, 0.1) is 18.3 Å². The largest absolute Gasteiger partial charge is 0.465 e. The first-order chi connectivity index (χ1) is 11.8. The first-order valence-corrected chi connectivity index (χ1v) is 8.42. The third-order valence-electron chi connectivity index (χ3n) is 4.55. The molecule has 1 fully saturated rings. The highest BCUT2D eigenvalue weighted by Gasteiger charge is 2.32. The highest BCUT2D eigenvalue weighted by atomic mass is 16.5. The maximum atomic E-state index is 11.8. The van der Waals surface area contributed by atoms with Crippen LogP contribution in [0.15, 0.2) is 6.07 Å². The zero-order valence-electron chi connectivity index (χ0n) is 15.4. The van der Waals surface area contributed by atoms with Crippen molar-refractivity contribution in [1.29, 1.82) is 5.26 Å². The minimum atomic E-state index is -0.730. The predicted octanol–water partition coefficient (Wildman–Crippen LogP) is 1.33. The van der Waals surface area contributed by atoms with Gasteiger partial charge in [0.15, 0.2) is 0 Å². The fraction of sp³-hybridized carbons (Fsp3) is 0.611. The molecular weight excluding hydrogens is 320 g/mol. The van der Waals surface area contributed by atoms with Gasteiger partial charge in [0, 0.05) is 19.6 Å². The number of ether oxygens (including phenoxy) is 1. The molecule has 0 amide bonds. The molecule has 0 aromatic carbocycles. The molecule has 0 unspecified atom stereocenters. The first-order valence-electron chi connectivity index (χ1n) is 8.42. The Bertz CT molecular complexity index is 684. The van der Waals surface area contributed by atoms with Gasteiger partial charge in [-0.25, -0.2) is 9.78 Å². The van der Waals surface area contributed by atoms with E-state index in [9.17, 15) is 15.2 Å². The van der Waals surface area contributed by atoms with Gasteiger partial charge in [0.25, 0.3) is 0 Å². The van der Waals surface area contributed by atoms with Crippen LogP contribution in [-0.4, -0.2) is 67.4 Å². The molecule has 25 heavy (non-hydrogen) atoms. The van der Waals surface area contributed by atoms with Gasteiger partial charge in [-0.05, 0) is 46.3 Å². The van der Waals surface area contributed by atoms with Gasteiger partial charge in [-0.3, -0.25) is 0 Å². The van der Waals surface area contributed by atoms with Gasteiger partial charge in [0.05, 0.1) is 29.5 Å². The van der Waals surface area contributed by atoms with E-state index in [1.807, 2.05) is 23.9 Å². The van der Waals surface area contributed by atoms with Crippen molar-refractivity contribution in [3.63, 3.8) is 0 Å². The molecule has 1 aromatic heterocycles. The van der Waals surface area contributed by atoms with Crippen molar-refractivity contribution in [2.45, 2.75) is 31.8 Å². The zero-order valence-corrected chi connectivity index (χ0v) is 15.4. The average molecular weight is 346 g/mol. The number of nitrogens with zero attached hydrogens (tertiary/aromatic N) is 4. The van der Waals surface area contributed by atoms with E-state index in [-0.39, 0.29) is 0 Å². The number of carbonyl (C=O) groups is 1. The Kier molecular flexibility index (Phi) is 5.98. The Morgan fingerprint density at radius 3 is 2.80 bits per heavy atom. The highest BCUT2D eigenvalue weighted by molar-refractivity contribution is 5.91. The third kappa shape index (κ3) is 4.47. The molecular formula is C18H26N4O3. The summed E-state index contributed by atoms with van der Waals surface area (Å²) in [5.41, 5.74) is 0.464. The number of aliphatic hydroxyl groups is 1. The van der Waals surface area contributed by atoms with Crippen molar-refractivity contribution in [3.8, 4) is 6.07 Å². The Hall–Kier alpha value is -2.17. The highest BCUT2D eigenvalue weighted by Crippen LogP contribution is 2.28. The fourth-order valence-corrected chi connectivity index (χ4v) is 3.37. The number of anilines is 1. The number of aromatic nitrogens is 1. The Morgan fingerprint density at radius 2 is 2.20 bits per heavy atom. The number of likely N-dealkylation sites (N-methyl/N-ethyl adjacent to an activating group) is 1. The molecule has 1 saturated heterocycles. The molecule has 0 bridgehead atoms. The second kappa shape index (κ2) is 7.81. The molecule has 1 aliphatic rings. The molecule has 0 spiro atoms. The van der Waals surface area contributed by atoms with E-state index in [0.717, 1.165) is 6.42 Å². The Balaban J connectivity index is 2.28. The van der Waals surface area contributed by atoms with Crippen LogP contribution in [0.25, 0.3) is 0 Å². The summed E-state index contributed by atoms with van der Waals surface area (Å²) in [6.07, 6.45) is 2.13. The molecule has 1 atom stereocenters. The molecule has 0 saturated carbocycles. The van der Waals surface area contributed by atoms with Crippen LogP contribution in [0.1, 0.15) is 40.9 Å². The molecule has 1 aliphatic heterocycles. The third-order valence-corrected chi connectivity index (χ3v) is 4.55. The molecule has 7 heteroatoms.